The molecule has 0 bridgehead atoms. The van der Waals surface area contributed by atoms with Crippen LogP contribution >= 0.6 is 0 Å². The van der Waals surface area contributed by atoms with Crippen molar-refractivity contribution in [3.05, 3.63) is 65.2 Å². The first-order chi connectivity index (χ1) is 13.9. The minimum absolute atomic E-state index is 0.0149. The van der Waals surface area contributed by atoms with E-state index >= 15 is 0 Å². The summed E-state index contributed by atoms with van der Waals surface area (Å²) in [6.07, 6.45) is -0.834. The van der Waals surface area contributed by atoms with Crippen LogP contribution < -0.4 is 4.90 Å². The number of para-hydroxylation sites is 1. The molecule has 0 saturated carbocycles. The lowest BCUT2D eigenvalue weighted by molar-refractivity contribution is -0.137. The molecule has 0 spiro atoms. The molecular weight excluding hydrogens is 377 g/mol. The topological polar surface area (TPSA) is 23.6 Å². The number of alkyl halides is 3. The molecule has 0 unspecified atom stereocenters. The summed E-state index contributed by atoms with van der Waals surface area (Å²) >= 11 is 0. The molecule has 0 N–H and O–H groups in total. The van der Waals surface area contributed by atoms with E-state index in [1.54, 1.807) is 6.07 Å². The summed E-state index contributed by atoms with van der Waals surface area (Å²) in [5.41, 5.74) is 2.32. The predicted octanol–water partition coefficient (Wildman–Crippen LogP) is 4.90. The van der Waals surface area contributed by atoms with E-state index in [0.717, 1.165) is 57.1 Å². The molecule has 2 aliphatic rings. The van der Waals surface area contributed by atoms with Gasteiger partial charge < -0.3 is 4.90 Å². The quantitative estimate of drug-likeness (QED) is 0.729. The summed E-state index contributed by atoms with van der Waals surface area (Å²) in [4.78, 5) is 17.2. The first-order valence-corrected chi connectivity index (χ1v) is 10.2. The molecule has 29 heavy (non-hydrogen) atoms. The molecule has 154 valence electrons. The monoisotopic (exact) mass is 402 g/mol. The molecular formula is C23H25F3N2O. The van der Waals surface area contributed by atoms with Crippen LogP contribution in [0.3, 0.4) is 0 Å². The zero-order valence-corrected chi connectivity index (χ0v) is 16.3. The smallest absolute Gasteiger partial charge is 0.312 e. The molecule has 2 heterocycles. The van der Waals surface area contributed by atoms with Crippen molar-refractivity contribution in [1.82, 2.24) is 4.90 Å². The van der Waals surface area contributed by atoms with Crippen LogP contribution in [0, 0.1) is 5.92 Å². The highest BCUT2D eigenvalue weighted by atomic mass is 19.4. The molecule has 2 aromatic carbocycles. The zero-order valence-electron chi connectivity index (χ0n) is 16.3. The number of carbonyl (C=O) groups excluding carboxylic acids is 1. The van der Waals surface area contributed by atoms with Gasteiger partial charge in [0.1, 0.15) is 0 Å². The van der Waals surface area contributed by atoms with E-state index in [2.05, 4.69) is 11.0 Å². The summed E-state index contributed by atoms with van der Waals surface area (Å²) < 4.78 is 38.7. The van der Waals surface area contributed by atoms with Crippen molar-refractivity contribution < 1.29 is 18.0 Å². The fourth-order valence-electron chi connectivity index (χ4n) is 4.43. The van der Waals surface area contributed by atoms with Gasteiger partial charge in [-0.2, -0.15) is 13.2 Å². The lowest BCUT2D eigenvalue weighted by Crippen LogP contribution is -2.44. The summed E-state index contributed by atoms with van der Waals surface area (Å²) in [6.45, 7) is 2.70. The van der Waals surface area contributed by atoms with Crippen molar-refractivity contribution in [2.24, 2.45) is 5.92 Å². The molecule has 0 atom stereocenters. The lowest BCUT2D eigenvalue weighted by Gasteiger charge is -2.36. The summed E-state index contributed by atoms with van der Waals surface area (Å²) in [5, 5.41) is 0. The van der Waals surface area contributed by atoms with Gasteiger partial charge in [-0.3, -0.25) is 9.69 Å². The lowest BCUT2D eigenvalue weighted by atomic mass is 9.93. The fraction of sp³-hybridized carbons (Fsp3) is 0.435. The number of fused-ring (bicyclic) bond motifs is 1. The van der Waals surface area contributed by atoms with Crippen LogP contribution in [0.2, 0.25) is 0 Å². The van der Waals surface area contributed by atoms with E-state index in [4.69, 9.17) is 0 Å². The molecule has 1 fully saturated rings. The standard InChI is InChI=1S/C23H25F3N2O/c24-23(25,26)20-8-3-5-17(15-20)16-27-13-10-19(11-14-27)22(29)28-12-4-7-18-6-1-2-9-21(18)28/h1-3,5-6,8-9,15,19H,4,7,10-14,16H2. The number of likely N-dealkylation sites (tertiary alicyclic amines) is 1. The SMILES string of the molecule is O=C(C1CCN(Cc2cccc(C(F)(F)F)c2)CC1)N1CCCc2ccccc21. The van der Waals surface area contributed by atoms with Crippen LogP contribution in [0.25, 0.3) is 0 Å². The van der Waals surface area contributed by atoms with Gasteiger partial charge >= 0.3 is 6.18 Å². The predicted molar refractivity (Wildman–Crippen MR) is 107 cm³/mol. The first-order valence-electron chi connectivity index (χ1n) is 10.2. The number of anilines is 1. The maximum atomic E-state index is 13.1. The van der Waals surface area contributed by atoms with Crippen LogP contribution in [-0.4, -0.2) is 30.4 Å². The Balaban J connectivity index is 1.36. The highest BCUT2D eigenvalue weighted by Gasteiger charge is 2.32. The number of aryl methyl sites for hydroxylation is 1. The van der Waals surface area contributed by atoms with Gasteiger partial charge in [0, 0.05) is 24.7 Å². The van der Waals surface area contributed by atoms with Crippen LogP contribution in [0.15, 0.2) is 48.5 Å². The number of nitrogens with zero attached hydrogens (tertiary/aromatic N) is 2. The molecule has 1 saturated heterocycles. The highest BCUT2D eigenvalue weighted by Crippen LogP contribution is 2.32. The second-order valence-corrected chi connectivity index (χ2v) is 7.97. The van der Waals surface area contributed by atoms with Crippen LogP contribution in [-0.2, 0) is 23.9 Å². The Morgan fingerprint density at radius 3 is 2.52 bits per heavy atom. The van der Waals surface area contributed by atoms with Crippen molar-refractivity contribution in [3.63, 3.8) is 0 Å². The average Bonchev–Trinajstić information content (AvgIpc) is 2.73. The van der Waals surface area contributed by atoms with Crippen molar-refractivity contribution >= 4 is 11.6 Å². The van der Waals surface area contributed by atoms with Crippen molar-refractivity contribution in [3.8, 4) is 0 Å². The van der Waals surface area contributed by atoms with Gasteiger partial charge in [0.25, 0.3) is 0 Å². The third-order valence-corrected chi connectivity index (χ3v) is 5.97. The van der Waals surface area contributed by atoms with Gasteiger partial charge in [0.2, 0.25) is 5.91 Å². The summed E-state index contributed by atoms with van der Waals surface area (Å²) in [5.74, 6) is 0.176. The molecule has 0 aliphatic carbocycles. The number of benzene rings is 2. The second kappa shape index (κ2) is 8.19. The highest BCUT2D eigenvalue weighted by molar-refractivity contribution is 5.96. The van der Waals surface area contributed by atoms with Gasteiger partial charge in [-0.25, -0.2) is 0 Å². The minimum Gasteiger partial charge on any atom is -0.312 e. The molecule has 1 amide bonds. The Morgan fingerprint density at radius 2 is 1.76 bits per heavy atom. The number of piperidine rings is 1. The Bertz CT molecular complexity index is 872. The van der Waals surface area contributed by atoms with E-state index in [0.29, 0.717) is 12.1 Å². The summed E-state index contributed by atoms with van der Waals surface area (Å²) in [7, 11) is 0. The van der Waals surface area contributed by atoms with Gasteiger partial charge in [-0.1, -0.05) is 36.4 Å². The largest absolute Gasteiger partial charge is 0.416 e. The van der Waals surface area contributed by atoms with E-state index in [-0.39, 0.29) is 11.8 Å². The number of amides is 1. The third kappa shape index (κ3) is 4.47. The van der Waals surface area contributed by atoms with Crippen molar-refractivity contribution in [2.45, 2.75) is 38.4 Å². The molecule has 2 aromatic rings. The summed E-state index contributed by atoms with van der Waals surface area (Å²) in [6, 6.07) is 13.6. The second-order valence-electron chi connectivity index (χ2n) is 7.97. The Kier molecular flexibility index (Phi) is 5.63. The molecule has 2 aliphatic heterocycles. The Hall–Kier alpha value is -2.34. The van der Waals surface area contributed by atoms with Gasteiger partial charge in [-0.05, 0) is 62.0 Å². The van der Waals surface area contributed by atoms with Crippen LogP contribution in [0.5, 0.6) is 0 Å². The van der Waals surface area contributed by atoms with Gasteiger partial charge in [0.15, 0.2) is 0 Å². The van der Waals surface area contributed by atoms with Crippen molar-refractivity contribution in [2.75, 3.05) is 24.5 Å². The molecule has 3 nitrogen and oxygen atoms in total. The van der Waals surface area contributed by atoms with E-state index in [9.17, 15) is 18.0 Å². The zero-order chi connectivity index (χ0) is 20.4. The normalized spacial score (nSPS) is 18.5. The van der Waals surface area contributed by atoms with E-state index < -0.39 is 11.7 Å². The number of rotatable bonds is 3. The first kappa shape index (κ1) is 20.0. The van der Waals surface area contributed by atoms with E-state index in [1.807, 2.05) is 23.1 Å². The number of hydrogen-bond acceptors (Lipinski definition) is 2. The Morgan fingerprint density at radius 1 is 1.00 bits per heavy atom. The Labute approximate surface area is 169 Å². The number of hydrogen-bond donors (Lipinski definition) is 0. The third-order valence-electron chi connectivity index (χ3n) is 5.97. The van der Waals surface area contributed by atoms with Crippen molar-refractivity contribution in [1.29, 1.82) is 0 Å². The van der Waals surface area contributed by atoms with Gasteiger partial charge in [0.05, 0.1) is 5.56 Å². The maximum Gasteiger partial charge on any atom is 0.416 e. The maximum absolute atomic E-state index is 13.1. The molecule has 0 aromatic heterocycles. The molecule has 6 heteroatoms. The van der Waals surface area contributed by atoms with E-state index in [1.165, 1.54) is 17.7 Å². The molecule has 0 radical (unpaired) electrons. The average molecular weight is 402 g/mol. The van der Waals surface area contributed by atoms with Gasteiger partial charge in [-0.15, -0.1) is 0 Å². The fourth-order valence-corrected chi connectivity index (χ4v) is 4.43. The molecule has 4 rings (SSSR count). The number of halogens is 3. The van der Waals surface area contributed by atoms with Crippen LogP contribution in [0.1, 0.15) is 36.0 Å². The number of carbonyl (C=O) groups is 1. The minimum atomic E-state index is -4.32. The van der Waals surface area contributed by atoms with Crippen LogP contribution in [0.4, 0.5) is 18.9 Å².